The maximum atomic E-state index is 13.8. The topological polar surface area (TPSA) is 32.7 Å². The lowest BCUT2D eigenvalue weighted by Crippen LogP contribution is -2.33. The van der Waals surface area contributed by atoms with Gasteiger partial charge in [-0.25, -0.2) is 8.78 Å². The number of aliphatic imine (C=N–C) groups is 1. The van der Waals surface area contributed by atoms with E-state index in [-0.39, 0.29) is 11.4 Å². The molecular weight excluding hydrogens is 318 g/mol. The van der Waals surface area contributed by atoms with Crippen molar-refractivity contribution in [1.29, 1.82) is 0 Å². The predicted octanol–water partition coefficient (Wildman–Crippen LogP) is 3.71. The van der Waals surface area contributed by atoms with Crippen molar-refractivity contribution >= 4 is 22.8 Å². The van der Waals surface area contributed by atoms with Gasteiger partial charge in [0.25, 0.3) is 5.91 Å². The molecule has 0 saturated heterocycles. The highest BCUT2D eigenvalue weighted by Gasteiger charge is 2.26. The van der Waals surface area contributed by atoms with Crippen molar-refractivity contribution in [2.24, 2.45) is 4.99 Å². The quantitative estimate of drug-likeness (QED) is 0.858. The van der Waals surface area contributed by atoms with Gasteiger partial charge < -0.3 is 0 Å². The van der Waals surface area contributed by atoms with Crippen LogP contribution in [0, 0.1) is 11.6 Å². The summed E-state index contributed by atoms with van der Waals surface area (Å²) in [4.78, 5) is 18.2. The number of thioether (sulfide) groups is 1. The van der Waals surface area contributed by atoms with Crippen molar-refractivity contribution in [1.82, 2.24) is 4.90 Å². The second-order valence-electron chi connectivity index (χ2n) is 5.02. The molecule has 0 fully saturated rings. The smallest absolute Gasteiger partial charge is 0.262 e. The Morgan fingerprint density at radius 2 is 2.00 bits per heavy atom. The Kier molecular flexibility index (Phi) is 4.71. The summed E-state index contributed by atoms with van der Waals surface area (Å²) in [7, 11) is 0. The van der Waals surface area contributed by atoms with Crippen LogP contribution in [0.25, 0.3) is 0 Å². The number of hydrogen-bond acceptors (Lipinski definition) is 3. The number of amides is 1. The van der Waals surface area contributed by atoms with Gasteiger partial charge in [-0.05, 0) is 29.8 Å². The fourth-order valence-electron chi connectivity index (χ4n) is 2.29. The summed E-state index contributed by atoms with van der Waals surface area (Å²) >= 11 is 1.35. The van der Waals surface area contributed by atoms with E-state index in [9.17, 15) is 13.6 Å². The molecule has 0 spiro atoms. The molecular formula is C17H14F2N2OS. The van der Waals surface area contributed by atoms with Crippen LogP contribution < -0.4 is 0 Å². The molecule has 0 radical (unpaired) electrons. The summed E-state index contributed by atoms with van der Waals surface area (Å²) in [6.07, 6.45) is 0. The Morgan fingerprint density at radius 3 is 2.78 bits per heavy atom. The fourth-order valence-corrected chi connectivity index (χ4v) is 3.28. The van der Waals surface area contributed by atoms with Crippen LogP contribution in [0.4, 0.5) is 8.78 Å². The summed E-state index contributed by atoms with van der Waals surface area (Å²) in [6.45, 7) is 0.921. The first kappa shape index (κ1) is 15.7. The SMILES string of the molecule is O=C(c1ccccc1F)N1CCN=C1SCc1cccc(F)c1. The van der Waals surface area contributed by atoms with E-state index in [0.717, 1.165) is 5.56 Å². The van der Waals surface area contributed by atoms with Gasteiger partial charge in [0.2, 0.25) is 0 Å². The first-order valence-corrected chi connectivity index (χ1v) is 8.12. The van der Waals surface area contributed by atoms with Crippen LogP contribution >= 0.6 is 11.8 Å². The zero-order chi connectivity index (χ0) is 16.2. The molecule has 2 aromatic carbocycles. The van der Waals surface area contributed by atoms with Gasteiger partial charge in [0, 0.05) is 12.3 Å². The van der Waals surface area contributed by atoms with Crippen molar-refractivity contribution < 1.29 is 13.6 Å². The molecule has 1 aliphatic rings. The summed E-state index contributed by atoms with van der Waals surface area (Å²) in [5.74, 6) is -0.738. The molecule has 0 saturated carbocycles. The van der Waals surface area contributed by atoms with E-state index >= 15 is 0 Å². The number of rotatable bonds is 3. The highest BCUT2D eigenvalue weighted by atomic mass is 32.2. The standard InChI is InChI=1S/C17H14F2N2OS/c18-13-5-3-4-12(10-13)11-23-17-20-8-9-21(17)16(22)14-6-1-2-7-15(14)19/h1-7,10H,8-9,11H2. The Hall–Kier alpha value is -2.21. The molecule has 3 rings (SSSR count). The molecule has 23 heavy (non-hydrogen) atoms. The van der Waals surface area contributed by atoms with Crippen molar-refractivity contribution in [2.45, 2.75) is 5.75 Å². The molecule has 1 aliphatic heterocycles. The van der Waals surface area contributed by atoms with Gasteiger partial charge in [0.1, 0.15) is 11.6 Å². The average Bonchev–Trinajstić information content (AvgIpc) is 3.01. The lowest BCUT2D eigenvalue weighted by Gasteiger charge is -2.18. The van der Waals surface area contributed by atoms with E-state index in [4.69, 9.17) is 0 Å². The van der Waals surface area contributed by atoms with Gasteiger partial charge in [0.15, 0.2) is 5.17 Å². The largest absolute Gasteiger partial charge is 0.285 e. The minimum Gasteiger partial charge on any atom is -0.285 e. The van der Waals surface area contributed by atoms with Crippen LogP contribution in [0.1, 0.15) is 15.9 Å². The number of benzene rings is 2. The second-order valence-corrected chi connectivity index (χ2v) is 5.96. The maximum Gasteiger partial charge on any atom is 0.262 e. The second kappa shape index (κ2) is 6.91. The monoisotopic (exact) mass is 332 g/mol. The first-order valence-electron chi connectivity index (χ1n) is 7.13. The third kappa shape index (κ3) is 3.59. The number of hydrogen-bond donors (Lipinski definition) is 0. The van der Waals surface area contributed by atoms with Crippen LogP contribution in [-0.2, 0) is 5.75 Å². The minimum absolute atomic E-state index is 0.0356. The molecule has 118 valence electrons. The third-order valence-corrected chi connectivity index (χ3v) is 4.49. The van der Waals surface area contributed by atoms with E-state index < -0.39 is 11.7 Å². The zero-order valence-corrected chi connectivity index (χ0v) is 13.0. The molecule has 0 unspecified atom stereocenters. The Labute approximate surface area is 137 Å². The lowest BCUT2D eigenvalue weighted by molar-refractivity contribution is 0.0856. The number of nitrogens with zero attached hydrogens (tertiary/aromatic N) is 2. The molecule has 2 aromatic rings. The van der Waals surface area contributed by atoms with Gasteiger partial charge in [-0.3, -0.25) is 14.7 Å². The molecule has 0 N–H and O–H groups in total. The number of halogens is 2. The molecule has 3 nitrogen and oxygen atoms in total. The lowest BCUT2D eigenvalue weighted by atomic mass is 10.2. The summed E-state index contributed by atoms with van der Waals surface area (Å²) < 4.78 is 27.0. The van der Waals surface area contributed by atoms with Gasteiger partial charge >= 0.3 is 0 Å². The maximum absolute atomic E-state index is 13.8. The van der Waals surface area contributed by atoms with Crippen molar-refractivity contribution in [3.05, 3.63) is 71.3 Å². The Morgan fingerprint density at radius 1 is 1.17 bits per heavy atom. The predicted molar refractivity (Wildman–Crippen MR) is 87.4 cm³/mol. The van der Waals surface area contributed by atoms with E-state index in [1.54, 1.807) is 18.2 Å². The summed E-state index contributed by atoms with van der Waals surface area (Å²) in [6, 6.07) is 12.2. The van der Waals surface area contributed by atoms with Crippen LogP contribution in [0.15, 0.2) is 53.5 Å². The highest BCUT2D eigenvalue weighted by Crippen LogP contribution is 2.22. The number of amidine groups is 1. The highest BCUT2D eigenvalue weighted by molar-refractivity contribution is 8.13. The Bertz CT molecular complexity index is 764. The van der Waals surface area contributed by atoms with Gasteiger partial charge in [-0.2, -0.15) is 0 Å². The summed E-state index contributed by atoms with van der Waals surface area (Å²) in [5.41, 5.74) is 0.844. The minimum atomic E-state index is -0.543. The molecule has 1 amide bonds. The first-order chi connectivity index (χ1) is 11.1. The molecule has 6 heteroatoms. The molecule has 0 bridgehead atoms. The fraction of sp³-hybridized carbons (Fsp3) is 0.176. The molecule has 0 aromatic heterocycles. The van der Waals surface area contributed by atoms with Crippen molar-refractivity contribution in [2.75, 3.05) is 13.1 Å². The van der Waals surface area contributed by atoms with E-state index in [2.05, 4.69) is 4.99 Å². The normalized spacial score (nSPS) is 14.0. The van der Waals surface area contributed by atoms with E-state index in [0.29, 0.717) is 24.0 Å². The van der Waals surface area contributed by atoms with Gasteiger partial charge in [0.05, 0.1) is 12.1 Å². The molecule has 0 aliphatic carbocycles. The summed E-state index contributed by atoms with van der Waals surface area (Å²) in [5, 5.41) is 0.544. The average molecular weight is 332 g/mol. The van der Waals surface area contributed by atoms with Crippen LogP contribution in [0.3, 0.4) is 0 Å². The van der Waals surface area contributed by atoms with Crippen molar-refractivity contribution in [3.63, 3.8) is 0 Å². The van der Waals surface area contributed by atoms with E-state index in [1.807, 2.05) is 6.07 Å². The number of carbonyl (C=O) groups excluding carboxylic acids is 1. The molecule has 0 atom stereocenters. The van der Waals surface area contributed by atoms with Crippen LogP contribution in [0.5, 0.6) is 0 Å². The molecule has 1 heterocycles. The van der Waals surface area contributed by atoms with E-state index in [1.165, 1.54) is 40.9 Å². The zero-order valence-electron chi connectivity index (χ0n) is 12.2. The van der Waals surface area contributed by atoms with Crippen LogP contribution in [0.2, 0.25) is 0 Å². The number of carbonyl (C=O) groups is 1. The Balaban J connectivity index is 1.70. The van der Waals surface area contributed by atoms with Crippen molar-refractivity contribution in [3.8, 4) is 0 Å². The van der Waals surface area contributed by atoms with Gasteiger partial charge in [-0.1, -0.05) is 36.0 Å². The van der Waals surface area contributed by atoms with Gasteiger partial charge in [-0.15, -0.1) is 0 Å². The third-order valence-electron chi connectivity index (χ3n) is 3.41. The van der Waals surface area contributed by atoms with Crippen LogP contribution in [-0.4, -0.2) is 29.1 Å².